The molecule has 1 aromatic carbocycles. The quantitative estimate of drug-likeness (QED) is 0.901. The van der Waals surface area contributed by atoms with Crippen molar-refractivity contribution in [1.29, 1.82) is 0 Å². The highest BCUT2D eigenvalue weighted by Gasteiger charge is 2.03. The van der Waals surface area contributed by atoms with E-state index in [2.05, 4.69) is 31.0 Å². The van der Waals surface area contributed by atoms with E-state index in [1.54, 1.807) is 11.3 Å². The summed E-state index contributed by atoms with van der Waals surface area (Å²) in [6, 6.07) is 6.22. The number of aromatic nitrogens is 1. The van der Waals surface area contributed by atoms with Gasteiger partial charge in [0.25, 0.3) is 0 Å². The molecule has 0 aliphatic rings. The first-order valence-corrected chi connectivity index (χ1v) is 6.90. The van der Waals surface area contributed by atoms with Crippen LogP contribution in [0.1, 0.15) is 21.8 Å². The zero-order valence-electron chi connectivity index (χ0n) is 10.8. The molecule has 0 unspecified atom stereocenters. The van der Waals surface area contributed by atoms with E-state index in [9.17, 15) is 0 Å². The molecule has 0 saturated carbocycles. The molecule has 0 fully saturated rings. The lowest BCUT2D eigenvalue weighted by Crippen LogP contribution is -2.03. The van der Waals surface area contributed by atoms with Crippen molar-refractivity contribution < 1.29 is 4.74 Å². The van der Waals surface area contributed by atoms with E-state index in [1.807, 2.05) is 11.4 Å². The summed E-state index contributed by atoms with van der Waals surface area (Å²) in [5, 5.41) is 3.09. The highest BCUT2D eigenvalue weighted by Crippen LogP contribution is 2.19. The van der Waals surface area contributed by atoms with E-state index < -0.39 is 0 Å². The molecule has 0 radical (unpaired) electrons. The third kappa shape index (κ3) is 3.31. The molecule has 2 N–H and O–H groups in total. The standard InChI is InChI=1S/C14H18N2OS/c1-10-3-4-13(11(2)7-10)17-6-5-14-16-12(8-15)9-18-14/h3-4,7,9H,5-6,8,15H2,1-2H3. The van der Waals surface area contributed by atoms with Crippen LogP contribution < -0.4 is 10.5 Å². The average Bonchev–Trinajstić information content (AvgIpc) is 2.80. The largest absolute Gasteiger partial charge is 0.493 e. The number of thiazole rings is 1. The van der Waals surface area contributed by atoms with Gasteiger partial charge in [0.15, 0.2) is 0 Å². The molecule has 0 atom stereocenters. The molecule has 4 heteroatoms. The number of aryl methyl sites for hydroxylation is 2. The minimum Gasteiger partial charge on any atom is -0.493 e. The van der Waals surface area contributed by atoms with Crippen molar-refractivity contribution in [3.63, 3.8) is 0 Å². The molecule has 0 aliphatic heterocycles. The van der Waals surface area contributed by atoms with Gasteiger partial charge in [-0.3, -0.25) is 0 Å². The summed E-state index contributed by atoms with van der Waals surface area (Å²) in [6.07, 6.45) is 0.831. The van der Waals surface area contributed by atoms with Crippen LogP contribution in [0.25, 0.3) is 0 Å². The molecule has 1 heterocycles. The van der Waals surface area contributed by atoms with Gasteiger partial charge in [-0.05, 0) is 25.5 Å². The summed E-state index contributed by atoms with van der Waals surface area (Å²) in [4.78, 5) is 4.41. The summed E-state index contributed by atoms with van der Waals surface area (Å²) < 4.78 is 5.77. The van der Waals surface area contributed by atoms with E-state index in [4.69, 9.17) is 10.5 Å². The molecule has 0 saturated heterocycles. The summed E-state index contributed by atoms with van der Waals surface area (Å²) in [5.41, 5.74) is 8.92. The summed E-state index contributed by atoms with van der Waals surface area (Å²) in [6.45, 7) is 5.31. The highest BCUT2D eigenvalue weighted by atomic mass is 32.1. The summed E-state index contributed by atoms with van der Waals surface area (Å²) >= 11 is 1.64. The Morgan fingerprint density at radius 2 is 2.17 bits per heavy atom. The third-order valence-electron chi connectivity index (χ3n) is 2.71. The van der Waals surface area contributed by atoms with Gasteiger partial charge in [-0.15, -0.1) is 11.3 Å². The van der Waals surface area contributed by atoms with Crippen LogP contribution in [0.2, 0.25) is 0 Å². The first-order chi connectivity index (χ1) is 8.69. The number of ether oxygens (including phenoxy) is 1. The normalized spacial score (nSPS) is 10.6. The van der Waals surface area contributed by atoms with Gasteiger partial charge in [-0.25, -0.2) is 4.98 Å². The second-order valence-electron chi connectivity index (χ2n) is 4.30. The number of hydrogen-bond donors (Lipinski definition) is 1. The molecule has 3 nitrogen and oxygen atoms in total. The maximum Gasteiger partial charge on any atom is 0.122 e. The van der Waals surface area contributed by atoms with E-state index >= 15 is 0 Å². The van der Waals surface area contributed by atoms with Crippen LogP contribution in [0.5, 0.6) is 5.75 Å². The summed E-state index contributed by atoms with van der Waals surface area (Å²) in [7, 11) is 0. The molecular formula is C14H18N2OS. The predicted molar refractivity (Wildman–Crippen MR) is 75.1 cm³/mol. The fourth-order valence-corrected chi connectivity index (χ4v) is 2.56. The van der Waals surface area contributed by atoms with Crippen LogP contribution in [0.3, 0.4) is 0 Å². The minimum atomic E-state index is 0.508. The number of nitrogens with zero attached hydrogens (tertiary/aromatic N) is 1. The number of nitrogens with two attached hydrogens (primary N) is 1. The Balaban J connectivity index is 1.88. The molecule has 0 spiro atoms. The van der Waals surface area contributed by atoms with Crippen molar-refractivity contribution in [2.75, 3.05) is 6.61 Å². The topological polar surface area (TPSA) is 48.1 Å². The molecule has 1 aromatic heterocycles. The predicted octanol–water partition coefficient (Wildman–Crippen LogP) is 2.84. The molecule has 0 bridgehead atoms. The van der Waals surface area contributed by atoms with Gasteiger partial charge in [-0.1, -0.05) is 17.7 Å². The lowest BCUT2D eigenvalue weighted by molar-refractivity contribution is 0.319. The lowest BCUT2D eigenvalue weighted by Gasteiger charge is -2.08. The number of benzene rings is 1. The van der Waals surface area contributed by atoms with Gasteiger partial charge in [-0.2, -0.15) is 0 Å². The lowest BCUT2D eigenvalue weighted by atomic mass is 10.1. The first kappa shape index (κ1) is 13.1. The fraction of sp³-hybridized carbons (Fsp3) is 0.357. The monoisotopic (exact) mass is 262 g/mol. The van der Waals surface area contributed by atoms with Crippen molar-refractivity contribution in [2.45, 2.75) is 26.8 Å². The van der Waals surface area contributed by atoms with Crippen molar-refractivity contribution >= 4 is 11.3 Å². The molecule has 18 heavy (non-hydrogen) atoms. The molecule has 96 valence electrons. The minimum absolute atomic E-state index is 0.508. The van der Waals surface area contributed by atoms with Gasteiger partial charge in [0.2, 0.25) is 0 Å². The second kappa shape index (κ2) is 5.98. The van der Waals surface area contributed by atoms with E-state index in [0.717, 1.165) is 22.9 Å². The van der Waals surface area contributed by atoms with Crippen LogP contribution in [0, 0.1) is 13.8 Å². The van der Waals surface area contributed by atoms with Gasteiger partial charge in [0.1, 0.15) is 5.75 Å². The Morgan fingerprint density at radius 1 is 1.33 bits per heavy atom. The smallest absolute Gasteiger partial charge is 0.122 e. The van der Waals surface area contributed by atoms with Crippen molar-refractivity contribution in [3.05, 3.63) is 45.4 Å². The fourth-order valence-electron chi connectivity index (χ4n) is 1.77. The highest BCUT2D eigenvalue weighted by molar-refractivity contribution is 7.09. The van der Waals surface area contributed by atoms with Crippen LogP contribution in [-0.4, -0.2) is 11.6 Å². The van der Waals surface area contributed by atoms with Gasteiger partial charge < -0.3 is 10.5 Å². The maximum absolute atomic E-state index is 5.77. The maximum atomic E-state index is 5.77. The molecule has 2 rings (SSSR count). The Morgan fingerprint density at radius 3 is 2.83 bits per heavy atom. The van der Waals surface area contributed by atoms with Gasteiger partial charge >= 0.3 is 0 Å². The van der Waals surface area contributed by atoms with E-state index in [1.165, 1.54) is 11.1 Å². The molecule has 2 aromatic rings. The Kier molecular flexibility index (Phi) is 4.33. The SMILES string of the molecule is Cc1ccc(OCCc2nc(CN)cs2)c(C)c1. The van der Waals surface area contributed by atoms with Crippen molar-refractivity contribution in [2.24, 2.45) is 5.73 Å². The molecular weight excluding hydrogens is 244 g/mol. The van der Waals surface area contributed by atoms with Crippen molar-refractivity contribution in [1.82, 2.24) is 4.98 Å². The second-order valence-corrected chi connectivity index (χ2v) is 5.25. The number of hydrogen-bond acceptors (Lipinski definition) is 4. The Labute approximate surface area is 112 Å². The summed E-state index contributed by atoms with van der Waals surface area (Å²) in [5.74, 6) is 0.955. The number of rotatable bonds is 5. The first-order valence-electron chi connectivity index (χ1n) is 6.02. The molecule has 0 aliphatic carbocycles. The van der Waals surface area contributed by atoms with E-state index in [-0.39, 0.29) is 0 Å². The third-order valence-corrected chi connectivity index (χ3v) is 3.67. The van der Waals surface area contributed by atoms with Crippen LogP contribution >= 0.6 is 11.3 Å². The van der Waals surface area contributed by atoms with Crippen molar-refractivity contribution in [3.8, 4) is 5.75 Å². The zero-order valence-corrected chi connectivity index (χ0v) is 11.6. The average molecular weight is 262 g/mol. The molecule has 0 amide bonds. The zero-order chi connectivity index (χ0) is 13.0. The van der Waals surface area contributed by atoms with Gasteiger partial charge in [0, 0.05) is 18.3 Å². The van der Waals surface area contributed by atoms with E-state index in [0.29, 0.717) is 13.2 Å². The van der Waals surface area contributed by atoms with Crippen LogP contribution in [0.15, 0.2) is 23.6 Å². The van der Waals surface area contributed by atoms with Crippen LogP contribution in [0.4, 0.5) is 0 Å². The van der Waals surface area contributed by atoms with Gasteiger partial charge in [0.05, 0.1) is 17.3 Å². The Hall–Kier alpha value is -1.39. The Bertz CT molecular complexity index is 522. The van der Waals surface area contributed by atoms with Crippen LogP contribution in [-0.2, 0) is 13.0 Å².